The lowest BCUT2D eigenvalue weighted by molar-refractivity contribution is -0.126. The van der Waals surface area contributed by atoms with Crippen molar-refractivity contribution in [3.8, 4) is 11.1 Å². The molecule has 3 aromatic rings. The van der Waals surface area contributed by atoms with Crippen molar-refractivity contribution in [2.24, 2.45) is 0 Å². The van der Waals surface area contributed by atoms with Crippen LogP contribution in [-0.2, 0) is 19.4 Å². The van der Waals surface area contributed by atoms with Crippen LogP contribution >= 0.6 is 11.3 Å². The first-order chi connectivity index (χ1) is 17.4. The van der Waals surface area contributed by atoms with Crippen LogP contribution in [0.4, 0.5) is 4.39 Å². The van der Waals surface area contributed by atoms with E-state index in [0.29, 0.717) is 10.3 Å². The lowest BCUT2D eigenvalue weighted by Crippen LogP contribution is -2.42. The van der Waals surface area contributed by atoms with Gasteiger partial charge < -0.3 is 15.2 Å². The summed E-state index contributed by atoms with van der Waals surface area (Å²) < 4.78 is 43.4. The topological polar surface area (TPSA) is 127 Å². The van der Waals surface area contributed by atoms with Crippen molar-refractivity contribution in [3.05, 3.63) is 51.6 Å². The summed E-state index contributed by atoms with van der Waals surface area (Å²) in [6.45, 7) is 6.26. The Morgan fingerprint density at radius 2 is 1.89 bits per heavy atom. The van der Waals surface area contributed by atoms with E-state index in [4.69, 9.17) is 0 Å². The van der Waals surface area contributed by atoms with Crippen LogP contribution < -0.4 is 16.2 Å². The first-order valence-electron chi connectivity index (χ1n) is 12.0. The maximum atomic E-state index is 15.1. The normalized spacial score (nSPS) is 14.8. The number of amides is 2. The van der Waals surface area contributed by atoms with Gasteiger partial charge in [-0.2, -0.15) is 0 Å². The van der Waals surface area contributed by atoms with Gasteiger partial charge in [0.2, 0.25) is 11.8 Å². The fourth-order valence-corrected chi connectivity index (χ4v) is 6.58. The highest BCUT2D eigenvalue weighted by molar-refractivity contribution is 7.93. The first kappa shape index (κ1) is 26.9. The van der Waals surface area contributed by atoms with E-state index >= 15 is 4.39 Å². The van der Waals surface area contributed by atoms with Gasteiger partial charge in [0.05, 0.1) is 22.0 Å². The summed E-state index contributed by atoms with van der Waals surface area (Å²) in [4.78, 5) is 41.5. The second-order valence-electron chi connectivity index (χ2n) is 9.69. The van der Waals surface area contributed by atoms with Crippen molar-refractivity contribution in [2.45, 2.75) is 63.1 Å². The number of halogens is 1. The molecule has 1 atom stereocenters. The summed E-state index contributed by atoms with van der Waals surface area (Å²) in [5, 5.41) is 2.61. The summed E-state index contributed by atoms with van der Waals surface area (Å²) in [5.74, 6) is -1.85. The zero-order chi connectivity index (χ0) is 27.1. The number of aromatic nitrogens is 2. The van der Waals surface area contributed by atoms with Crippen LogP contribution in [-0.4, -0.2) is 47.6 Å². The number of hydrogen-bond donors (Lipinski definition) is 2. The van der Waals surface area contributed by atoms with Crippen LogP contribution in [0.1, 0.15) is 56.8 Å². The molecule has 1 aromatic carbocycles. The maximum absolute atomic E-state index is 15.1. The fraction of sp³-hybridized carbons (Fsp3) is 0.440. The molecule has 2 aromatic heterocycles. The number of fused-ring (bicyclic) bond motifs is 1. The van der Waals surface area contributed by atoms with Gasteiger partial charge in [0.15, 0.2) is 15.1 Å². The van der Waals surface area contributed by atoms with Gasteiger partial charge in [-0.05, 0) is 52.7 Å². The molecule has 4 rings (SSSR count). The second kappa shape index (κ2) is 10.3. The van der Waals surface area contributed by atoms with E-state index in [1.54, 1.807) is 6.20 Å². The van der Waals surface area contributed by atoms with Gasteiger partial charge in [0.1, 0.15) is 10.8 Å². The van der Waals surface area contributed by atoms with Crippen LogP contribution in [0.5, 0.6) is 0 Å². The molecular formula is C25H29FN4O5S2. The van der Waals surface area contributed by atoms with E-state index < -0.39 is 38.0 Å². The number of rotatable bonds is 9. The minimum Gasteiger partial charge on any atom is -0.352 e. The predicted octanol–water partition coefficient (Wildman–Crippen LogP) is 3.10. The molecule has 2 heterocycles. The van der Waals surface area contributed by atoms with Gasteiger partial charge in [-0.25, -0.2) is 17.8 Å². The number of thiazole rings is 1. The number of sulfone groups is 1. The van der Waals surface area contributed by atoms with E-state index in [2.05, 4.69) is 15.6 Å². The Kier molecular flexibility index (Phi) is 7.52. The lowest BCUT2D eigenvalue weighted by Gasteiger charge is -2.17. The van der Waals surface area contributed by atoms with Gasteiger partial charge in [0, 0.05) is 41.5 Å². The molecule has 37 heavy (non-hydrogen) atoms. The number of pyridine rings is 1. The van der Waals surface area contributed by atoms with Gasteiger partial charge in [-0.1, -0.05) is 0 Å². The molecule has 12 heteroatoms. The molecule has 1 fully saturated rings. The van der Waals surface area contributed by atoms with E-state index in [0.717, 1.165) is 24.2 Å². The third-order valence-electron chi connectivity index (χ3n) is 6.11. The Balaban J connectivity index is 1.71. The van der Waals surface area contributed by atoms with Crippen molar-refractivity contribution < 1.29 is 22.4 Å². The third kappa shape index (κ3) is 5.74. The Bertz CT molecular complexity index is 1520. The zero-order valence-electron chi connectivity index (χ0n) is 20.9. The Morgan fingerprint density at radius 3 is 2.51 bits per heavy atom. The van der Waals surface area contributed by atoms with Crippen LogP contribution in [0.3, 0.4) is 0 Å². The van der Waals surface area contributed by atoms with Crippen LogP contribution in [0.25, 0.3) is 21.3 Å². The molecule has 2 amide bonds. The highest BCUT2D eigenvalue weighted by Gasteiger charge is 2.39. The van der Waals surface area contributed by atoms with Crippen LogP contribution in [0.15, 0.2) is 35.3 Å². The van der Waals surface area contributed by atoms with Gasteiger partial charge >= 0.3 is 0 Å². The Labute approximate surface area is 218 Å². The first-order valence-corrected chi connectivity index (χ1v) is 14.4. The predicted molar refractivity (Wildman–Crippen MR) is 141 cm³/mol. The van der Waals surface area contributed by atoms with Gasteiger partial charge in [0.25, 0.3) is 5.56 Å². The molecule has 0 spiro atoms. The van der Waals surface area contributed by atoms with Crippen molar-refractivity contribution in [3.63, 3.8) is 0 Å². The molecule has 2 N–H and O–H groups in total. The lowest BCUT2D eigenvalue weighted by atomic mass is 10.1. The van der Waals surface area contributed by atoms with Gasteiger partial charge in [-0.3, -0.25) is 14.4 Å². The standard InChI is InChI=1S/C25H29FN4O5S2/c1-13(2)30-12-15(5-8-22(30)32)17-9-20-19(10-18(17)26)29-25(36-20)23(37(34,35)14(3)4)24(33)27-11-21(31)28-16-6-7-16/h5,8-10,12-14,16,23H,6-7,11H2,1-4H3,(H,27,33)(H,28,31). The van der Waals surface area contributed by atoms with Crippen LogP contribution in [0.2, 0.25) is 0 Å². The molecule has 1 aliphatic carbocycles. The molecular weight excluding hydrogens is 519 g/mol. The Morgan fingerprint density at radius 1 is 1.19 bits per heavy atom. The van der Waals surface area contributed by atoms with Crippen molar-refractivity contribution in [2.75, 3.05) is 6.54 Å². The molecule has 0 aliphatic heterocycles. The highest BCUT2D eigenvalue weighted by Crippen LogP contribution is 2.36. The summed E-state index contributed by atoms with van der Waals surface area (Å²) in [6.07, 6.45) is 3.34. The molecule has 1 aliphatic rings. The smallest absolute Gasteiger partial charge is 0.250 e. The van der Waals surface area contributed by atoms with Crippen molar-refractivity contribution >= 4 is 43.2 Å². The quantitative estimate of drug-likeness (QED) is 0.423. The summed E-state index contributed by atoms with van der Waals surface area (Å²) in [7, 11) is -4.02. The zero-order valence-corrected chi connectivity index (χ0v) is 22.6. The molecule has 0 radical (unpaired) electrons. The maximum Gasteiger partial charge on any atom is 0.250 e. The third-order valence-corrected chi connectivity index (χ3v) is 9.75. The SMILES string of the molecule is CC(C)n1cc(-c2cc3sc(C(C(=O)NCC(=O)NC4CC4)S(=O)(=O)C(C)C)nc3cc2F)ccc1=O. The molecule has 1 unspecified atom stereocenters. The number of carbonyl (C=O) groups is 2. The molecule has 0 saturated heterocycles. The number of carbonyl (C=O) groups excluding carboxylic acids is 2. The van der Waals surface area contributed by atoms with Crippen LogP contribution in [0, 0.1) is 5.82 Å². The van der Waals surface area contributed by atoms with Crippen molar-refractivity contribution in [1.82, 2.24) is 20.2 Å². The van der Waals surface area contributed by atoms with Gasteiger partial charge in [-0.15, -0.1) is 11.3 Å². The largest absolute Gasteiger partial charge is 0.352 e. The monoisotopic (exact) mass is 548 g/mol. The van der Waals surface area contributed by atoms with E-state index in [1.165, 1.54) is 42.7 Å². The summed E-state index contributed by atoms with van der Waals surface area (Å²) in [6, 6.07) is 5.60. The fourth-order valence-electron chi connectivity index (χ4n) is 3.81. The summed E-state index contributed by atoms with van der Waals surface area (Å²) in [5.41, 5.74) is 0.704. The highest BCUT2D eigenvalue weighted by atomic mass is 32.2. The molecule has 1 saturated carbocycles. The molecule has 198 valence electrons. The molecule has 9 nitrogen and oxygen atoms in total. The van der Waals surface area contributed by atoms with E-state index in [9.17, 15) is 22.8 Å². The molecule has 0 bridgehead atoms. The number of nitrogens with one attached hydrogen (secondary N) is 2. The Hall–Kier alpha value is -3.12. The number of hydrogen-bond acceptors (Lipinski definition) is 7. The number of nitrogens with zero attached hydrogens (tertiary/aromatic N) is 2. The number of benzene rings is 1. The minimum atomic E-state index is -4.02. The summed E-state index contributed by atoms with van der Waals surface area (Å²) >= 11 is 0.977. The average molecular weight is 549 g/mol. The second-order valence-corrected chi connectivity index (χ2v) is 13.3. The van der Waals surface area contributed by atoms with E-state index in [1.807, 2.05) is 13.8 Å². The average Bonchev–Trinajstić information content (AvgIpc) is 3.54. The minimum absolute atomic E-state index is 0.00694. The van der Waals surface area contributed by atoms with Crippen molar-refractivity contribution in [1.29, 1.82) is 0 Å². The van der Waals surface area contributed by atoms with E-state index in [-0.39, 0.29) is 40.3 Å².